The van der Waals surface area contributed by atoms with Gasteiger partial charge in [-0.3, -0.25) is 0 Å². The molecule has 0 fully saturated rings. The monoisotopic (exact) mass is 171 g/mol. The summed E-state index contributed by atoms with van der Waals surface area (Å²) in [5, 5.41) is 0. The Balaban J connectivity index is 3.04. The molecule has 3 N–H and O–H groups in total. The van der Waals surface area contributed by atoms with Gasteiger partial charge >= 0.3 is 8.17 Å². The summed E-state index contributed by atoms with van der Waals surface area (Å²) in [6.45, 7) is 0.561. The zero-order valence-corrected chi connectivity index (χ0v) is 6.62. The van der Waals surface area contributed by atoms with Crippen LogP contribution in [0.15, 0.2) is 0 Å². The summed E-state index contributed by atoms with van der Waals surface area (Å²) in [7, 11) is -2.48. The first-order valence-electron chi connectivity index (χ1n) is 2.77. The molecule has 5 nitrogen and oxygen atoms in total. The van der Waals surface area contributed by atoms with Crippen LogP contribution >= 0.6 is 8.17 Å². The molecule has 0 aromatic heterocycles. The molecular formula is C4H12O5P+. The smallest absolute Gasteiger partial charge is 0.385 e. The van der Waals surface area contributed by atoms with E-state index in [1.807, 2.05) is 0 Å². The van der Waals surface area contributed by atoms with Crippen molar-refractivity contribution in [3.8, 4) is 0 Å². The topological polar surface area (TPSA) is 79.2 Å². The minimum Gasteiger partial charge on any atom is -0.385 e. The average molecular weight is 171 g/mol. The van der Waals surface area contributed by atoms with Crippen molar-refractivity contribution < 1.29 is 23.9 Å². The third kappa shape index (κ3) is 8.23. The first-order chi connectivity index (χ1) is 4.56. The number of hydrogen-bond acceptors (Lipinski definition) is 5. The van der Waals surface area contributed by atoms with E-state index >= 15 is 0 Å². The van der Waals surface area contributed by atoms with Crippen LogP contribution < -0.4 is 0 Å². The Morgan fingerprint density at radius 2 is 1.80 bits per heavy atom. The second kappa shape index (κ2) is 4.96. The normalized spacial score (nSPS) is 12.0. The Bertz CT molecular complexity index is 80.2. The highest BCUT2D eigenvalue weighted by Crippen LogP contribution is 2.45. The summed E-state index contributed by atoms with van der Waals surface area (Å²) < 4.78 is 8.87. The summed E-state index contributed by atoms with van der Waals surface area (Å²) in [5.41, 5.74) is 0. The molecule has 0 radical (unpaired) electrons. The predicted octanol–water partition coefficient (Wildman–Crippen LogP) is -0.306. The van der Waals surface area contributed by atoms with E-state index < -0.39 is 8.17 Å². The van der Waals surface area contributed by atoms with Crippen molar-refractivity contribution in [3.05, 3.63) is 0 Å². The molecule has 0 aromatic rings. The second-order valence-corrected chi connectivity index (χ2v) is 2.98. The molecule has 62 valence electrons. The van der Waals surface area contributed by atoms with Crippen molar-refractivity contribution in [3.63, 3.8) is 0 Å². The fourth-order valence-corrected chi connectivity index (χ4v) is 0.764. The third-order valence-corrected chi connectivity index (χ3v) is 1.29. The number of hydrogen-bond donors (Lipinski definition) is 3. The zero-order chi connectivity index (χ0) is 8.04. The van der Waals surface area contributed by atoms with Gasteiger partial charge in [0.1, 0.15) is 6.61 Å². The van der Waals surface area contributed by atoms with Crippen molar-refractivity contribution >= 4 is 8.17 Å². The summed E-state index contributed by atoms with van der Waals surface area (Å²) in [4.78, 5) is 24.8. The highest BCUT2D eigenvalue weighted by Gasteiger charge is 2.32. The van der Waals surface area contributed by atoms with Crippen molar-refractivity contribution in [2.24, 2.45) is 0 Å². The number of ether oxygens (including phenoxy) is 1. The van der Waals surface area contributed by atoms with Crippen LogP contribution in [0.4, 0.5) is 0 Å². The van der Waals surface area contributed by atoms with Gasteiger partial charge in [0, 0.05) is 13.7 Å². The summed E-state index contributed by atoms with van der Waals surface area (Å²) in [5.74, 6) is 0. The maximum atomic E-state index is 8.28. The van der Waals surface area contributed by atoms with Crippen molar-refractivity contribution in [1.82, 2.24) is 0 Å². The molecule has 0 heterocycles. The molecule has 0 spiro atoms. The Kier molecular flexibility index (Phi) is 5.07. The van der Waals surface area contributed by atoms with Gasteiger partial charge in [-0.15, -0.1) is 0 Å². The van der Waals surface area contributed by atoms with Gasteiger partial charge in [-0.2, -0.15) is 19.2 Å². The Labute approximate surface area is 59.9 Å². The molecule has 10 heavy (non-hydrogen) atoms. The van der Waals surface area contributed by atoms with E-state index in [1.165, 1.54) is 7.11 Å². The number of rotatable bonds is 5. The van der Waals surface area contributed by atoms with Crippen LogP contribution in [0.5, 0.6) is 0 Å². The van der Waals surface area contributed by atoms with Crippen LogP contribution in [0, 0.1) is 0 Å². The molecule has 6 heteroatoms. The lowest BCUT2D eigenvalue weighted by Gasteiger charge is -2.01. The molecule has 0 unspecified atom stereocenters. The van der Waals surface area contributed by atoms with Gasteiger partial charge in [0.15, 0.2) is 0 Å². The Hall–Kier alpha value is 0.230. The highest BCUT2D eigenvalue weighted by molar-refractivity contribution is 7.53. The van der Waals surface area contributed by atoms with E-state index in [4.69, 9.17) is 14.7 Å². The van der Waals surface area contributed by atoms with Gasteiger partial charge in [-0.1, -0.05) is 0 Å². The van der Waals surface area contributed by atoms with E-state index in [9.17, 15) is 0 Å². The van der Waals surface area contributed by atoms with Gasteiger partial charge in [0.2, 0.25) is 0 Å². The molecule has 0 saturated carbocycles. The van der Waals surface area contributed by atoms with Gasteiger partial charge in [0.25, 0.3) is 0 Å². The van der Waals surface area contributed by atoms with Crippen LogP contribution in [0.2, 0.25) is 0 Å². The first kappa shape index (κ1) is 10.2. The van der Waals surface area contributed by atoms with Crippen molar-refractivity contribution in [1.29, 1.82) is 0 Å². The third-order valence-electron chi connectivity index (χ3n) is 0.757. The van der Waals surface area contributed by atoms with Gasteiger partial charge in [0.05, 0.1) is 0 Å². The van der Waals surface area contributed by atoms with Crippen LogP contribution in [0.1, 0.15) is 6.42 Å². The van der Waals surface area contributed by atoms with Gasteiger partial charge < -0.3 is 4.74 Å². The van der Waals surface area contributed by atoms with Crippen LogP contribution in [-0.4, -0.2) is 35.0 Å². The van der Waals surface area contributed by atoms with Crippen molar-refractivity contribution in [2.45, 2.75) is 6.42 Å². The zero-order valence-electron chi connectivity index (χ0n) is 5.73. The van der Waals surface area contributed by atoms with E-state index in [2.05, 4.69) is 9.26 Å². The molecule has 0 aliphatic rings. The summed E-state index contributed by atoms with van der Waals surface area (Å²) in [6, 6.07) is 0. The van der Waals surface area contributed by atoms with Gasteiger partial charge in [-0.25, -0.2) is 0 Å². The van der Waals surface area contributed by atoms with E-state index in [0.717, 1.165) is 0 Å². The lowest BCUT2D eigenvalue weighted by Crippen LogP contribution is -2.00. The van der Waals surface area contributed by atoms with E-state index in [0.29, 0.717) is 13.0 Å². The fraction of sp³-hybridized carbons (Fsp3) is 1.00. The molecular weight excluding hydrogens is 159 g/mol. The molecule has 0 saturated heterocycles. The largest absolute Gasteiger partial charge is 0.567 e. The van der Waals surface area contributed by atoms with Crippen LogP contribution in [-0.2, 0) is 9.26 Å². The Morgan fingerprint density at radius 1 is 1.20 bits per heavy atom. The predicted molar refractivity (Wildman–Crippen MR) is 36.0 cm³/mol. The van der Waals surface area contributed by atoms with Crippen molar-refractivity contribution in [2.75, 3.05) is 20.3 Å². The molecule has 0 aromatic carbocycles. The quantitative estimate of drug-likeness (QED) is 0.390. The molecule has 0 rings (SSSR count). The maximum Gasteiger partial charge on any atom is 0.567 e. The molecule has 0 bridgehead atoms. The average Bonchev–Trinajstić information content (AvgIpc) is 1.78. The lowest BCUT2D eigenvalue weighted by molar-refractivity contribution is 0.131. The fourth-order valence-electron chi connectivity index (χ4n) is 0.390. The first-order valence-corrected chi connectivity index (χ1v) is 4.33. The van der Waals surface area contributed by atoms with Crippen LogP contribution in [0.25, 0.3) is 0 Å². The molecule has 0 atom stereocenters. The highest BCUT2D eigenvalue weighted by atomic mass is 31.2. The SMILES string of the molecule is COCCCO[P+](O)(O)O. The van der Waals surface area contributed by atoms with E-state index in [-0.39, 0.29) is 6.61 Å². The minimum absolute atomic E-state index is 0.0884. The standard InChI is InChI=1S/C4H12O5P/c1-8-3-2-4-9-10(5,6)7/h5-7H,2-4H2,1H3/q+1. The molecule has 0 amide bonds. The van der Waals surface area contributed by atoms with Crippen LogP contribution in [0.3, 0.4) is 0 Å². The lowest BCUT2D eigenvalue weighted by atomic mass is 10.5. The summed E-state index contributed by atoms with van der Waals surface area (Å²) in [6.07, 6.45) is 0.528. The van der Waals surface area contributed by atoms with Gasteiger partial charge in [-0.05, 0) is 6.42 Å². The molecule has 0 aliphatic heterocycles. The second-order valence-electron chi connectivity index (χ2n) is 1.69. The summed E-state index contributed by atoms with van der Waals surface area (Å²) >= 11 is 0. The number of methoxy groups -OCH3 is 1. The minimum atomic E-state index is -4.01. The Morgan fingerprint density at radius 3 is 2.20 bits per heavy atom. The van der Waals surface area contributed by atoms with E-state index in [1.54, 1.807) is 0 Å². The molecule has 0 aliphatic carbocycles. The maximum absolute atomic E-state index is 8.28.